The molecule has 4 rings (SSSR count). The van der Waals surface area contributed by atoms with Crippen molar-refractivity contribution in [1.82, 2.24) is 24.7 Å². The zero-order chi connectivity index (χ0) is 18.1. The number of nitrogens with zero attached hydrogens (tertiary/aromatic N) is 6. The lowest BCUT2D eigenvalue weighted by Crippen LogP contribution is -2.49. The van der Waals surface area contributed by atoms with E-state index in [1.807, 2.05) is 48.2 Å². The van der Waals surface area contributed by atoms with E-state index < -0.39 is 0 Å². The van der Waals surface area contributed by atoms with Gasteiger partial charge in [-0.05, 0) is 30.7 Å². The van der Waals surface area contributed by atoms with Crippen LogP contribution in [0.15, 0.2) is 36.4 Å². The molecule has 0 aliphatic carbocycles. The molecule has 1 aliphatic heterocycles. The van der Waals surface area contributed by atoms with Crippen molar-refractivity contribution in [1.29, 1.82) is 0 Å². The summed E-state index contributed by atoms with van der Waals surface area (Å²) in [6.45, 7) is 4.72. The van der Waals surface area contributed by atoms with Crippen LogP contribution in [-0.2, 0) is 11.2 Å². The maximum atomic E-state index is 12.6. The van der Waals surface area contributed by atoms with Crippen LogP contribution in [0.2, 0.25) is 0 Å². The third kappa shape index (κ3) is 3.05. The van der Waals surface area contributed by atoms with Gasteiger partial charge < -0.3 is 15.5 Å². The number of amides is 1. The second-order valence-electron chi connectivity index (χ2n) is 6.45. The molecule has 1 aromatic carbocycles. The van der Waals surface area contributed by atoms with Crippen molar-refractivity contribution in [3.63, 3.8) is 0 Å². The van der Waals surface area contributed by atoms with E-state index in [-0.39, 0.29) is 5.91 Å². The molecule has 0 saturated carbocycles. The fourth-order valence-corrected chi connectivity index (χ4v) is 3.21. The number of carbonyl (C=O) groups is 1. The van der Waals surface area contributed by atoms with Crippen LogP contribution in [0.4, 0.5) is 11.5 Å². The van der Waals surface area contributed by atoms with Gasteiger partial charge in [0.25, 0.3) is 0 Å². The first-order valence-corrected chi connectivity index (χ1v) is 8.67. The van der Waals surface area contributed by atoms with Gasteiger partial charge in [0.15, 0.2) is 11.5 Å². The second-order valence-corrected chi connectivity index (χ2v) is 6.45. The van der Waals surface area contributed by atoms with Crippen LogP contribution in [0.3, 0.4) is 0 Å². The minimum atomic E-state index is 0.112. The highest BCUT2D eigenvalue weighted by atomic mass is 16.2. The van der Waals surface area contributed by atoms with Gasteiger partial charge in [0, 0.05) is 31.9 Å². The van der Waals surface area contributed by atoms with Crippen molar-refractivity contribution in [3.05, 3.63) is 47.8 Å². The molecule has 0 bridgehead atoms. The van der Waals surface area contributed by atoms with Gasteiger partial charge in [-0.3, -0.25) is 4.79 Å². The summed E-state index contributed by atoms with van der Waals surface area (Å²) in [6.07, 6.45) is 0.344. The third-order valence-electron chi connectivity index (χ3n) is 4.76. The Labute approximate surface area is 151 Å². The molecular formula is C18H21N7O. The zero-order valence-corrected chi connectivity index (χ0v) is 14.7. The van der Waals surface area contributed by atoms with Crippen LogP contribution >= 0.6 is 0 Å². The predicted molar refractivity (Wildman–Crippen MR) is 98.9 cm³/mol. The Hall–Kier alpha value is -3.16. The summed E-state index contributed by atoms with van der Waals surface area (Å²) in [4.78, 5) is 16.6. The molecule has 3 heterocycles. The van der Waals surface area contributed by atoms with Crippen molar-refractivity contribution in [2.75, 3.05) is 36.8 Å². The fourth-order valence-electron chi connectivity index (χ4n) is 3.21. The van der Waals surface area contributed by atoms with Gasteiger partial charge in [-0.25, -0.2) is 0 Å². The first-order chi connectivity index (χ1) is 12.6. The standard InChI is InChI=1S/C18H21N7O/c1-13-20-21-16-6-7-17(22-25(13)16)23-8-10-24(11-9-23)18(26)12-14-4-2-3-5-15(14)19/h2-7H,8-12,19H2,1H3. The molecule has 2 aromatic heterocycles. The Morgan fingerprint density at radius 2 is 1.85 bits per heavy atom. The van der Waals surface area contributed by atoms with Gasteiger partial charge in [-0.1, -0.05) is 18.2 Å². The number of hydrogen-bond acceptors (Lipinski definition) is 6. The molecule has 26 heavy (non-hydrogen) atoms. The molecule has 134 valence electrons. The monoisotopic (exact) mass is 351 g/mol. The number of anilines is 2. The topological polar surface area (TPSA) is 92.7 Å². The van der Waals surface area contributed by atoms with E-state index in [0.717, 1.165) is 35.9 Å². The Morgan fingerprint density at radius 1 is 1.08 bits per heavy atom. The highest BCUT2D eigenvalue weighted by molar-refractivity contribution is 5.80. The molecule has 1 amide bonds. The van der Waals surface area contributed by atoms with E-state index >= 15 is 0 Å². The number of nitrogens with two attached hydrogens (primary N) is 1. The fraction of sp³-hybridized carbons (Fsp3) is 0.333. The van der Waals surface area contributed by atoms with Crippen LogP contribution in [0.1, 0.15) is 11.4 Å². The zero-order valence-electron chi connectivity index (χ0n) is 14.7. The van der Waals surface area contributed by atoms with Crippen LogP contribution in [0, 0.1) is 6.92 Å². The largest absolute Gasteiger partial charge is 0.398 e. The van der Waals surface area contributed by atoms with Gasteiger partial charge in [0.2, 0.25) is 5.91 Å². The summed E-state index contributed by atoms with van der Waals surface area (Å²) < 4.78 is 1.74. The quantitative estimate of drug-likeness (QED) is 0.705. The molecule has 1 saturated heterocycles. The van der Waals surface area contributed by atoms with E-state index in [9.17, 15) is 4.79 Å². The Kier molecular flexibility index (Phi) is 4.16. The third-order valence-corrected chi connectivity index (χ3v) is 4.76. The van der Waals surface area contributed by atoms with Gasteiger partial charge in [-0.2, -0.15) is 4.52 Å². The Morgan fingerprint density at radius 3 is 2.62 bits per heavy atom. The molecule has 0 unspecified atom stereocenters. The number of aromatic nitrogens is 4. The van der Waals surface area contributed by atoms with Crippen molar-refractivity contribution in [2.45, 2.75) is 13.3 Å². The smallest absolute Gasteiger partial charge is 0.227 e. The molecule has 8 nitrogen and oxygen atoms in total. The number of piperazine rings is 1. The average Bonchev–Trinajstić information content (AvgIpc) is 3.04. The highest BCUT2D eigenvalue weighted by Gasteiger charge is 2.22. The molecular weight excluding hydrogens is 330 g/mol. The molecule has 2 N–H and O–H groups in total. The van der Waals surface area contributed by atoms with Crippen LogP contribution in [-0.4, -0.2) is 56.8 Å². The second kappa shape index (κ2) is 6.62. The predicted octanol–water partition coefficient (Wildman–Crippen LogP) is 0.906. The average molecular weight is 351 g/mol. The maximum absolute atomic E-state index is 12.6. The van der Waals surface area contributed by atoms with Gasteiger partial charge in [0.1, 0.15) is 5.82 Å². The van der Waals surface area contributed by atoms with Crippen LogP contribution < -0.4 is 10.6 Å². The first kappa shape index (κ1) is 16.3. The van der Waals surface area contributed by atoms with Crippen molar-refractivity contribution in [2.24, 2.45) is 0 Å². The number of fused-ring (bicyclic) bond motifs is 1. The van der Waals surface area contributed by atoms with E-state index in [0.29, 0.717) is 25.2 Å². The van der Waals surface area contributed by atoms with Crippen LogP contribution in [0.25, 0.3) is 5.65 Å². The number of para-hydroxylation sites is 1. The molecule has 0 spiro atoms. The lowest BCUT2D eigenvalue weighted by molar-refractivity contribution is -0.130. The van der Waals surface area contributed by atoms with Crippen molar-refractivity contribution in [3.8, 4) is 0 Å². The molecule has 3 aromatic rings. The normalized spacial score (nSPS) is 14.8. The SMILES string of the molecule is Cc1nnc2ccc(N3CCN(C(=O)Cc4ccccc4N)CC3)nn12. The van der Waals surface area contributed by atoms with Gasteiger partial charge >= 0.3 is 0 Å². The first-order valence-electron chi connectivity index (χ1n) is 8.67. The maximum Gasteiger partial charge on any atom is 0.227 e. The summed E-state index contributed by atoms with van der Waals surface area (Å²) in [5, 5.41) is 12.7. The number of hydrogen-bond donors (Lipinski definition) is 1. The van der Waals surface area contributed by atoms with E-state index in [4.69, 9.17) is 5.73 Å². The molecule has 1 fully saturated rings. The van der Waals surface area contributed by atoms with E-state index in [2.05, 4.69) is 20.2 Å². The van der Waals surface area contributed by atoms with Crippen molar-refractivity contribution < 1.29 is 4.79 Å². The summed E-state index contributed by atoms with van der Waals surface area (Å²) >= 11 is 0. The highest BCUT2D eigenvalue weighted by Crippen LogP contribution is 2.17. The van der Waals surface area contributed by atoms with Gasteiger partial charge in [-0.15, -0.1) is 15.3 Å². The lowest BCUT2D eigenvalue weighted by atomic mass is 10.1. The number of carbonyl (C=O) groups excluding carboxylic acids is 1. The molecule has 0 radical (unpaired) electrons. The molecule has 1 aliphatic rings. The van der Waals surface area contributed by atoms with Crippen LogP contribution in [0.5, 0.6) is 0 Å². The van der Waals surface area contributed by atoms with Gasteiger partial charge in [0.05, 0.1) is 6.42 Å². The number of rotatable bonds is 3. The molecule has 8 heteroatoms. The number of aryl methyl sites for hydroxylation is 1. The number of nitrogen functional groups attached to an aromatic ring is 1. The minimum absolute atomic E-state index is 0.112. The Bertz CT molecular complexity index is 944. The number of benzene rings is 1. The summed E-state index contributed by atoms with van der Waals surface area (Å²) in [7, 11) is 0. The summed E-state index contributed by atoms with van der Waals surface area (Å²) in [5.74, 6) is 1.75. The summed E-state index contributed by atoms with van der Waals surface area (Å²) in [6, 6.07) is 11.4. The molecule has 0 atom stereocenters. The summed E-state index contributed by atoms with van der Waals surface area (Å²) in [5.41, 5.74) is 8.23. The lowest BCUT2D eigenvalue weighted by Gasteiger charge is -2.35. The minimum Gasteiger partial charge on any atom is -0.398 e. The Balaban J connectivity index is 1.41. The van der Waals surface area contributed by atoms with E-state index in [1.165, 1.54) is 0 Å². The van der Waals surface area contributed by atoms with Crippen molar-refractivity contribution >= 4 is 23.1 Å². The van der Waals surface area contributed by atoms with E-state index in [1.54, 1.807) is 4.52 Å².